The number of benzene rings is 3. The maximum absolute atomic E-state index is 13.1. The molecule has 0 bridgehead atoms. The first-order valence-electron chi connectivity index (χ1n) is 7.93. The van der Waals surface area contributed by atoms with Crippen molar-refractivity contribution >= 4 is 16.7 Å². The molecule has 1 amide bonds. The largest absolute Gasteiger partial charge is 0.416 e. The normalized spacial score (nSPS) is 11.5. The van der Waals surface area contributed by atoms with Crippen LogP contribution < -0.4 is 5.32 Å². The quantitative estimate of drug-likeness (QED) is 0.661. The van der Waals surface area contributed by atoms with Gasteiger partial charge in [0, 0.05) is 6.54 Å². The number of rotatable bonds is 4. The molecule has 0 aliphatic heterocycles. The maximum Gasteiger partial charge on any atom is 0.416 e. The minimum atomic E-state index is -4.68. The first-order valence-corrected chi connectivity index (χ1v) is 7.93. The lowest BCUT2D eigenvalue weighted by Crippen LogP contribution is -2.26. The molecule has 1 N–H and O–H groups in total. The lowest BCUT2D eigenvalue weighted by Gasteiger charge is -2.13. The summed E-state index contributed by atoms with van der Waals surface area (Å²) in [5.41, 5.74) is -0.495. The van der Waals surface area contributed by atoms with Crippen molar-refractivity contribution in [2.45, 2.75) is 19.1 Å². The average molecular weight is 361 g/mol. The first kappa shape index (κ1) is 17.9. The van der Waals surface area contributed by atoms with Gasteiger partial charge < -0.3 is 5.32 Å². The van der Waals surface area contributed by atoms with Crippen molar-refractivity contribution in [2.75, 3.05) is 0 Å². The second-order valence-electron chi connectivity index (χ2n) is 5.93. The summed E-state index contributed by atoms with van der Waals surface area (Å²) in [6, 6.07) is 15.7. The molecular formula is C20H15F4NO. The highest BCUT2D eigenvalue weighted by molar-refractivity contribution is 5.85. The fourth-order valence-electron chi connectivity index (χ4n) is 2.76. The molecule has 0 spiro atoms. The molecule has 0 fully saturated rings. The summed E-state index contributed by atoms with van der Waals surface area (Å²) >= 11 is 0. The zero-order valence-electron chi connectivity index (χ0n) is 13.6. The summed E-state index contributed by atoms with van der Waals surface area (Å²) in [6.45, 7) is -0.318. The van der Waals surface area contributed by atoms with Gasteiger partial charge >= 0.3 is 6.18 Å². The van der Waals surface area contributed by atoms with Crippen molar-refractivity contribution in [3.63, 3.8) is 0 Å². The molecule has 0 aromatic heterocycles. The van der Waals surface area contributed by atoms with Gasteiger partial charge in [0.25, 0.3) is 0 Å². The van der Waals surface area contributed by atoms with Gasteiger partial charge in [-0.15, -0.1) is 0 Å². The van der Waals surface area contributed by atoms with E-state index >= 15 is 0 Å². The third kappa shape index (κ3) is 4.20. The Morgan fingerprint density at radius 2 is 1.65 bits per heavy atom. The Labute approximate surface area is 147 Å². The number of halogens is 4. The molecule has 3 aromatic carbocycles. The van der Waals surface area contributed by atoms with Crippen molar-refractivity contribution in [3.8, 4) is 0 Å². The second-order valence-corrected chi connectivity index (χ2v) is 5.93. The molecule has 0 aliphatic rings. The number of carbonyl (C=O) groups excluding carboxylic acids is 1. The molecular weight excluding hydrogens is 346 g/mol. The van der Waals surface area contributed by atoms with E-state index in [1.54, 1.807) is 6.07 Å². The fourth-order valence-corrected chi connectivity index (χ4v) is 2.76. The van der Waals surface area contributed by atoms with Crippen LogP contribution in [0.4, 0.5) is 17.6 Å². The number of hydrogen-bond acceptors (Lipinski definition) is 1. The second kappa shape index (κ2) is 7.15. The third-order valence-corrected chi connectivity index (χ3v) is 4.03. The van der Waals surface area contributed by atoms with Crippen LogP contribution in [0.5, 0.6) is 0 Å². The van der Waals surface area contributed by atoms with E-state index in [1.807, 2.05) is 36.4 Å². The molecule has 0 unspecified atom stereocenters. The minimum absolute atomic E-state index is 0.0490. The number of fused-ring (bicyclic) bond motifs is 1. The van der Waals surface area contributed by atoms with E-state index in [2.05, 4.69) is 5.32 Å². The van der Waals surface area contributed by atoms with Crippen LogP contribution in [-0.2, 0) is 23.9 Å². The molecule has 0 saturated heterocycles. The third-order valence-electron chi connectivity index (χ3n) is 4.03. The highest BCUT2D eigenvalue weighted by atomic mass is 19.4. The van der Waals surface area contributed by atoms with Crippen LogP contribution in [0.3, 0.4) is 0 Å². The predicted octanol–water partition coefficient (Wildman–Crippen LogP) is 4.86. The SMILES string of the molecule is O=C(Cc1ccc2ccccc2c1)NCc1ccc(F)cc1C(F)(F)F. The zero-order chi connectivity index (χ0) is 18.7. The summed E-state index contributed by atoms with van der Waals surface area (Å²) in [5, 5.41) is 4.49. The molecule has 26 heavy (non-hydrogen) atoms. The summed E-state index contributed by atoms with van der Waals surface area (Å²) in [7, 11) is 0. The van der Waals surface area contributed by atoms with Gasteiger partial charge in [0.1, 0.15) is 5.82 Å². The van der Waals surface area contributed by atoms with Crippen LogP contribution in [0, 0.1) is 5.82 Å². The van der Waals surface area contributed by atoms with Crippen molar-refractivity contribution < 1.29 is 22.4 Å². The Morgan fingerprint density at radius 1 is 0.923 bits per heavy atom. The molecule has 6 heteroatoms. The summed E-state index contributed by atoms with van der Waals surface area (Å²) in [5.74, 6) is -1.37. The minimum Gasteiger partial charge on any atom is -0.352 e. The fraction of sp³-hybridized carbons (Fsp3) is 0.150. The van der Waals surface area contributed by atoms with E-state index in [-0.39, 0.29) is 18.5 Å². The number of carbonyl (C=O) groups is 1. The maximum atomic E-state index is 13.1. The van der Waals surface area contributed by atoms with Crippen LogP contribution in [0.15, 0.2) is 60.7 Å². The van der Waals surface area contributed by atoms with Gasteiger partial charge in [-0.1, -0.05) is 48.5 Å². The highest BCUT2D eigenvalue weighted by Gasteiger charge is 2.33. The Kier molecular flexibility index (Phi) is 4.93. The molecule has 134 valence electrons. The summed E-state index contributed by atoms with van der Waals surface area (Å²) in [4.78, 5) is 12.1. The van der Waals surface area contributed by atoms with E-state index in [0.29, 0.717) is 6.07 Å². The Morgan fingerprint density at radius 3 is 2.38 bits per heavy atom. The van der Waals surface area contributed by atoms with Gasteiger partial charge in [0.15, 0.2) is 0 Å². The zero-order valence-corrected chi connectivity index (χ0v) is 13.6. The summed E-state index contributed by atoms with van der Waals surface area (Å²) < 4.78 is 52.0. The number of hydrogen-bond donors (Lipinski definition) is 1. The number of nitrogens with one attached hydrogen (secondary N) is 1. The average Bonchev–Trinajstić information content (AvgIpc) is 2.60. The van der Waals surface area contributed by atoms with Gasteiger partial charge in [0.05, 0.1) is 12.0 Å². The van der Waals surface area contributed by atoms with Crippen molar-refractivity contribution in [1.29, 1.82) is 0 Å². The van der Waals surface area contributed by atoms with E-state index in [1.165, 1.54) is 0 Å². The van der Waals surface area contributed by atoms with Crippen molar-refractivity contribution in [1.82, 2.24) is 5.32 Å². The molecule has 3 aromatic rings. The number of amides is 1. The van der Waals surface area contributed by atoms with E-state index in [4.69, 9.17) is 0 Å². The van der Waals surface area contributed by atoms with Gasteiger partial charge in [-0.3, -0.25) is 4.79 Å². The van der Waals surface area contributed by atoms with Gasteiger partial charge in [0.2, 0.25) is 5.91 Å². The molecule has 0 atom stereocenters. The van der Waals surface area contributed by atoms with Crippen LogP contribution >= 0.6 is 0 Å². The Balaban J connectivity index is 1.69. The monoisotopic (exact) mass is 361 g/mol. The van der Waals surface area contributed by atoms with Gasteiger partial charge in [-0.05, 0) is 34.0 Å². The van der Waals surface area contributed by atoms with Crippen molar-refractivity contribution in [3.05, 3.63) is 83.2 Å². The highest BCUT2D eigenvalue weighted by Crippen LogP contribution is 2.32. The summed E-state index contributed by atoms with van der Waals surface area (Å²) in [6.07, 6.45) is -4.63. The molecule has 0 aliphatic carbocycles. The molecule has 0 radical (unpaired) electrons. The van der Waals surface area contributed by atoms with Crippen LogP contribution in [0.25, 0.3) is 10.8 Å². The topological polar surface area (TPSA) is 29.1 Å². The van der Waals surface area contributed by atoms with Crippen LogP contribution in [0.1, 0.15) is 16.7 Å². The van der Waals surface area contributed by atoms with Crippen molar-refractivity contribution in [2.24, 2.45) is 0 Å². The lowest BCUT2D eigenvalue weighted by atomic mass is 10.0. The molecule has 3 rings (SSSR count). The van der Waals surface area contributed by atoms with Gasteiger partial charge in [-0.25, -0.2) is 4.39 Å². The van der Waals surface area contributed by atoms with E-state index < -0.39 is 23.5 Å². The first-order chi connectivity index (χ1) is 12.3. The van der Waals surface area contributed by atoms with Crippen LogP contribution in [-0.4, -0.2) is 5.91 Å². The molecule has 0 saturated carbocycles. The van der Waals surface area contributed by atoms with Crippen LogP contribution in [0.2, 0.25) is 0 Å². The van der Waals surface area contributed by atoms with E-state index in [9.17, 15) is 22.4 Å². The van der Waals surface area contributed by atoms with E-state index in [0.717, 1.165) is 28.5 Å². The molecule has 2 nitrogen and oxygen atoms in total. The standard InChI is InChI=1S/C20H15F4NO/c21-17-8-7-16(18(11-17)20(22,23)24)12-25-19(26)10-13-5-6-14-3-1-2-4-15(14)9-13/h1-9,11H,10,12H2,(H,25,26). The Hall–Kier alpha value is -2.89. The van der Waals surface area contributed by atoms with Gasteiger partial charge in [-0.2, -0.15) is 13.2 Å². The Bertz CT molecular complexity index is 950. The molecule has 0 heterocycles. The smallest absolute Gasteiger partial charge is 0.352 e. The number of alkyl halides is 3. The predicted molar refractivity (Wildman–Crippen MR) is 90.9 cm³/mol. The lowest BCUT2D eigenvalue weighted by molar-refractivity contribution is -0.138.